The molecule has 0 saturated heterocycles. The van der Waals surface area contributed by atoms with Crippen molar-refractivity contribution in [3.8, 4) is 0 Å². The van der Waals surface area contributed by atoms with Gasteiger partial charge in [-0.2, -0.15) is 0 Å². The van der Waals surface area contributed by atoms with Gasteiger partial charge >= 0.3 is 0 Å². The van der Waals surface area contributed by atoms with E-state index in [1.54, 1.807) is 19.2 Å². The molecule has 0 aliphatic heterocycles. The quantitative estimate of drug-likeness (QED) is 0.338. The van der Waals surface area contributed by atoms with Gasteiger partial charge in [0.1, 0.15) is 0 Å². The van der Waals surface area contributed by atoms with Gasteiger partial charge in [0.15, 0.2) is 0 Å². The van der Waals surface area contributed by atoms with Crippen molar-refractivity contribution in [1.82, 2.24) is 0 Å². The van der Waals surface area contributed by atoms with Crippen molar-refractivity contribution < 1.29 is 9.60 Å². The molecule has 0 bridgehead atoms. The Labute approximate surface area is 89.6 Å². The molecular weight excluding hydrogens is 192 g/mol. The number of nitrogens with zero attached hydrogens (tertiary/aromatic N) is 1. The lowest BCUT2D eigenvalue weighted by Crippen LogP contribution is -1.92. The zero-order chi connectivity index (χ0) is 11.1. The smallest absolute Gasteiger partial charge is 0.244 e. The Hall–Kier alpha value is -1.42. The third-order valence-electron chi connectivity index (χ3n) is 2.23. The maximum absolute atomic E-state index is 10.6. The lowest BCUT2D eigenvalue weighted by molar-refractivity contribution is -0.465. The van der Waals surface area contributed by atoms with Gasteiger partial charge in [0.2, 0.25) is 5.69 Å². The molecule has 0 fully saturated rings. The predicted octanol–water partition coefficient (Wildman–Crippen LogP) is 2.83. The van der Waals surface area contributed by atoms with Crippen LogP contribution in [0.4, 0.5) is 5.69 Å². The van der Waals surface area contributed by atoms with Gasteiger partial charge in [0.05, 0.1) is 0 Å². The topological polar surface area (TPSA) is 59.2 Å². The summed E-state index contributed by atoms with van der Waals surface area (Å²) in [7, 11) is 1.70. The number of benzene rings is 1. The Morgan fingerprint density at radius 1 is 1.27 bits per heavy atom. The highest BCUT2D eigenvalue weighted by molar-refractivity contribution is 5.32. The van der Waals surface area contributed by atoms with Crippen LogP contribution in [0, 0.1) is 10.7 Å². The first-order valence-electron chi connectivity index (χ1n) is 5.00. The molecule has 15 heavy (non-hydrogen) atoms. The monoisotopic (exact) mass is 208 g/mol. The van der Waals surface area contributed by atoms with E-state index in [4.69, 9.17) is 10.3 Å². The van der Waals surface area contributed by atoms with Crippen molar-refractivity contribution in [2.24, 2.45) is 0 Å². The molecule has 1 N–H and O–H groups in total. The van der Waals surface area contributed by atoms with Crippen LogP contribution >= 0.6 is 0 Å². The van der Waals surface area contributed by atoms with Crippen LogP contribution in [0.3, 0.4) is 0 Å². The van der Waals surface area contributed by atoms with Gasteiger partial charge in [0, 0.05) is 25.8 Å². The number of nitrogens with one attached hydrogen (secondary N) is 1. The summed E-state index contributed by atoms with van der Waals surface area (Å²) < 4.78 is 4.96. The third-order valence-corrected chi connectivity index (χ3v) is 2.23. The molecule has 0 atom stereocenters. The Kier molecular flexibility index (Phi) is 4.77. The second kappa shape index (κ2) is 6.14. The van der Waals surface area contributed by atoms with Gasteiger partial charge in [-0.15, -0.1) is 0 Å². The van der Waals surface area contributed by atoms with Gasteiger partial charge in [-0.05, 0) is 30.4 Å². The van der Waals surface area contributed by atoms with Gasteiger partial charge in [0.25, 0.3) is 0 Å². The van der Waals surface area contributed by atoms with Crippen molar-refractivity contribution in [3.05, 3.63) is 35.0 Å². The highest BCUT2D eigenvalue weighted by atomic mass is 16.5. The molecule has 82 valence electrons. The van der Waals surface area contributed by atoms with Crippen LogP contribution in [0.25, 0.3) is 0 Å². The number of hydrogen-bond acceptors (Lipinski definition) is 3. The number of rotatable bonds is 6. The number of ether oxygens (including phenoxy) is 1. The van der Waals surface area contributed by atoms with Crippen LogP contribution in [0.15, 0.2) is 24.3 Å². The van der Waals surface area contributed by atoms with E-state index in [1.807, 2.05) is 12.1 Å². The second-order valence-corrected chi connectivity index (χ2v) is 3.41. The zero-order valence-electron chi connectivity index (χ0n) is 8.90. The molecule has 0 unspecified atom stereocenters. The van der Waals surface area contributed by atoms with Crippen molar-refractivity contribution in [3.63, 3.8) is 0 Å². The van der Waals surface area contributed by atoms with Crippen LogP contribution in [0.5, 0.6) is 0 Å². The number of aryl methyl sites for hydroxylation is 1. The summed E-state index contributed by atoms with van der Waals surface area (Å²) in [6.07, 6.45) is 3.11. The van der Waals surface area contributed by atoms with Gasteiger partial charge < -0.3 is 9.94 Å². The fraction of sp³-hybridized carbons (Fsp3) is 0.455. The largest absolute Gasteiger partial charge is 0.594 e. The summed E-state index contributed by atoms with van der Waals surface area (Å²) in [6.45, 7) is 0.791. The first-order chi connectivity index (χ1) is 7.24. The molecule has 1 aromatic rings. The van der Waals surface area contributed by atoms with Crippen LogP contribution < -0.4 is 0 Å². The summed E-state index contributed by atoms with van der Waals surface area (Å²) >= 11 is 0. The van der Waals surface area contributed by atoms with E-state index in [0.29, 0.717) is 5.69 Å². The van der Waals surface area contributed by atoms with E-state index in [-0.39, 0.29) is 4.86 Å². The van der Waals surface area contributed by atoms with E-state index >= 15 is 0 Å². The van der Waals surface area contributed by atoms with Crippen LogP contribution in [-0.2, 0) is 11.2 Å². The van der Waals surface area contributed by atoms with E-state index in [1.165, 1.54) is 5.56 Å². The Morgan fingerprint density at radius 3 is 2.47 bits per heavy atom. The molecule has 1 rings (SSSR count). The summed E-state index contributed by atoms with van der Waals surface area (Å²) in [5.74, 6) is 0. The zero-order valence-corrected chi connectivity index (χ0v) is 8.90. The summed E-state index contributed by atoms with van der Waals surface area (Å²) in [4.78, 5) is 0.120. The highest BCUT2D eigenvalue weighted by Gasteiger charge is 2.00. The first-order valence-corrected chi connectivity index (χ1v) is 5.00. The summed E-state index contributed by atoms with van der Waals surface area (Å²) in [5, 5.41) is 10.6. The minimum atomic E-state index is 0.120. The van der Waals surface area contributed by atoms with Crippen molar-refractivity contribution in [1.29, 1.82) is 5.53 Å². The van der Waals surface area contributed by atoms with Gasteiger partial charge in [-0.1, -0.05) is 17.0 Å². The maximum atomic E-state index is 10.6. The minimum Gasteiger partial charge on any atom is -0.594 e. The Balaban J connectivity index is 2.39. The molecule has 1 aromatic carbocycles. The molecule has 4 heteroatoms. The fourth-order valence-corrected chi connectivity index (χ4v) is 1.37. The number of methoxy groups -OCH3 is 1. The molecular formula is C11H16N2O2. The Bertz CT molecular complexity index is 309. The molecule has 0 heterocycles. The average Bonchev–Trinajstić information content (AvgIpc) is 2.25. The molecule has 0 aliphatic carbocycles. The lowest BCUT2D eigenvalue weighted by atomic mass is 10.1. The third kappa shape index (κ3) is 4.08. The SMILES string of the molecule is COCCCCc1ccc([N+](=N)[O-])cc1. The second-order valence-electron chi connectivity index (χ2n) is 3.41. The molecule has 0 amide bonds. The molecule has 0 spiro atoms. The Morgan fingerprint density at radius 2 is 1.93 bits per heavy atom. The van der Waals surface area contributed by atoms with Crippen LogP contribution in [-0.4, -0.2) is 18.6 Å². The van der Waals surface area contributed by atoms with Crippen molar-refractivity contribution in [2.45, 2.75) is 19.3 Å². The number of hydrogen-bond donors (Lipinski definition) is 1. The molecule has 0 saturated carbocycles. The number of unbranched alkanes of at least 4 members (excludes halogenated alkanes) is 1. The van der Waals surface area contributed by atoms with E-state index < -0.39 is 0 Å². The van der Waals surface area contributed by atoms with Gasteiger partial charge in [-0.3, -0.25) is 0 Å². The van der Waals surface area contributed by atoms with Crippen LogP contribution in [0.2, 0.25) is 0 Å². The maximum Gasteiger partial charge on any atom is 0.244 e. The van der Waals surface area contributed by atoms with Crippen LogP contribution in [0.1, 0.15) is 18.4 Å². The van der Waals surface area contributed by atoms with Gasteiger partial charge in [-0.25, -0.2) is 0 Å². The summed E-state index contributed by atoms with van der Waals surface area (Å²) in [6, 6.07) is 7.13. The van der Waals surface area contributed by atoms with Crippen molar-refractivity contribution >= 4 is 5.69 Å². The highest BCUT2D eigenvalue weighted by Crippen LogP contribution is 2.13. The van der Waals surface area contributed by atoms with Crippen molar-refractivity contribution in [2.75, 3.05) is 13.7 Å². The average molecular weight is 208 g/mol. The molecule has 0 aromatic heterocycles. The standard InChI is InChI=1S/C11H16N2O2/c1-15-9-3-2-4-10-5-7-11(8-6-10)13(12)14/h5-8,12H,2-4,9H2,1H3. The minimum absolute atomic E-state index is 0.120. The fourth-order valence-electron chi connectivity index (χ4n) is 1.37. The summed E-state index contributed by atoms with van der Waals surface area (Å²) in [5.41, 5.74) is 8.41. The normalized spacial score (nSPS) is 10.2. The molecule has 0 aliphatic rings. The van der Waals surface area contributed by atoms with E-state index in [9.17, 15) is 5.21 Å². The van der Waals surface area contributed by atoms with E-state index in [2.05, 4.69) is 0 Å². The van der Waals surface area contributed by atoms with E-state index in [0.717, 1.165) is 25.9 Å². The first kappa shape index (κ1) is 11.7. The molecule has 0 radical (unpaired) electrons. The predicted molar refractivity (Wildman–Crippen MR) is 57.3 cm³/mol. The lowest BCUT2D eigenvalue weighted by Gasteiger charge is -2.02. The molecule has 4 nitrogen and oxygen atoms in total.